The largest absolute Gasteiger partial charge is 0.326 e. The first-order valence-corrected chi connectivity index (χ1v) is 9.49. The van der Waals surface area contributed by atoms with Crippen LogP contribution >= 0.6 is 11.6 Å². The van der Waals surface area contributed by atoms with Gasteiger partial charge in [-0.2, -0.15) is 4.31 Å². The van der Waals surface area contributed by atoms with Crippen LogP contribution in [0.15, 0.2) is 18.2 Å². The molecule has 0 aliphatic carbocycles. The highest BCUT2D eigenvalue weighted by molar-refractivity contribution is 7.89. The van der Waals surface area contributed by atoms with Crippen molar-refractivity contribution >= 4 is 33.2 Å². The second-order valence-corrected chi connectivity index (χ2v) is 8.22. The van der Waals surface area contributed by atoms with Crippen LogP contribution < -0.4 is 5.32 Å². The molecule has 0 radical (unpaired) electrons. The lowest BCUT2D eigenvalue weighted by atomic mass is 10.2. The molecule has 1 aliphatic rings. The third-order valence-corrected chi connectivity index (χ3v) is 6.27. The number of hydrogen-bond donors (Lipinski definition) is 1. The molecule has 23 heavy (non-hydrogen) atoms. The van der Waals surface area contributed by atoms with Gasteiger partial charge >= 0.3 is 0 Å². The molecule has 1 N–H and O–H groups in total. The van der Waals surface area contributed by atoms with E-state index in [-0.39, 0.29) is 18.1 Å². The van der Waals surface area contributed by atoms with Crippen molar-refractivity contribution in [1.29, 1.82) is 0 Å². The number of rotatable bonds is 5. The van der Waals surface area contributed by atoms with Crippen molar-refractivity contribution in [2.24, 2.45) is 0 Å². The summed E-state index contributed by atoms with van der Waals surface area (Å²) < 4.78 is 26.0. The summed E-state index contributed by atoms with van der Waals surface area (Å²) in [6, 6.07) is 5.23. The van der Waals surface area contributed by atoms with Crippen molar-refractivity contribution in [1.82, 2.24) is 9.21 Å². The normalized spacial score (nSPS) is 17.2. The lowest BCUT2D eigenvalue weighted by molar-refractivity contribution is -0.115. The lowest BCUT2D eigenvalue weighted by Gasteiger charge is -2.31. The summed E-state index contributed by atoms with van der Waals surface area (Å²) in [7, 11) is -1.43. The van der Waals surface area contributed by atoms with E-state index in [9.17, 15) is 13.2 Å². The summed E-state index contributed by atoms with van der Waals surface area (Å²) in [5, 5.41) is 3.28. The summed E-state index contributed by atoms with van der Waals surface area (Å²) in [5.74, 6) is -0.504. The van der Waals surface area contributed by atoms with E-state index in [1.165, 1.54) is 4.31 Å². The molecular weight excluding hydrogens is 338 g/mol. The summed E-state index contributed by atoms with van der Waals surface area (Å²) in [5.41, 5.74) is 1.38. The number of halogens is 1. The highest BCUT2D eigenvalue weighted by atomic mass is 35.5. The highest BCUT2D eigenvalue weighted by Gasteiger charge is 2.26. The summed E-state index contributed by atoms with van der Waals surface area (Å²) in [4.78, 5) is 14.1. The zero-order valence-electron chi connectivity index (χ0n) is 13.4. The lowest BCUT2D eigenvalue weighted by Crippen LogP contribution is -2.48. The van der Waals surface area contributed by atoms with Crippen LogP contribution in [0.5, 0.6) is 0 Å². The smallest absolute Gasteiger partial charge is 0.225 e. The van der Waals surface area contributed by atoms with Gasteiger partial charge in [-0.05, 0) is 31.7 Å². The fourth-order valence-electron chi connectivity index (χ4n) is 2.37. The maximum atomic E-state index is 12.3. The number of carbonyl (C=O) groups excluding carboxylic acids is 1. The molecule has 1 amide bonds. The second kappa shape index (κ2) is 7.61. The number of piperazine rings is 1. The first kappa shape index (κ1) is 18.2. The molecule has 0 atom stereocenters. The van der Waals surface area contributed by atoms with E-state index in [4.69, 9.17) is 11.6 Å². The van der Waals surface area contributed by atoms with E-state index in [0.717, 1.165) is 5.56 Å². The third-order valence-electron chi connectivity index (χ3n) is 3.98. The Balaban J connectivity index is 1.89. The van der Waals surface area contributed by atoms with Gasteiger partial charge in [0.2, 0.25) is 15.9 Å². The van der Waals surface area contributed by atoms with Crippen LogP contribution in [-0.4, -0.2) is 62.5 Å². The molecule has 1 fully saturated rings. The number of anilines is 1. The van der Waals surface area contributed by atoms with Gasteiger partial charge < -0.3 is 10.2 Å². The van der Waals surface area contributed by atoms with Gasteiger partial charge in [-0.15, -0.1) is 0 Å². The minimum atomic E-state index is -3.39. The molecule has 0 spiro atoms. The third kappa shape index (κ3) is 4.91. The van der Waals surface area contributed by atoms with E-state index in [1.807, 2.05) is 7.05 Å². The van der Waals surface area contributed by atoms with Crippen LogP contribution in [0.3, 0.4) is 0 Å². The van der Waals surface area contributed by atoms with Crippen LogP contribution in [0.1, 0.15) is 12.0 Å². The Bertz CT molecular complexity index is 671. The topological polar surface area (TPSA) is 69.7 Å². The van der Waals surface area contributed by atoms with E-state index in [1.54, 1.807) is 25.1 Å². The molecule has 1 aromatic rings. The number of sulfonamides is 1. The van der Waals surface area contributed by atoms with E-state index >= 15 is 0 Å². The highest BCUT2D eigenvalue weighted by Crippen LogP contribution is 2.23. The quantitative estimate of drug-likeness (QED) is 0.866. The van der Waals surface area contributed by atoms with Crippen LogP contribution in [-0.2, 0) is 14.8 Å². The minimum absolute atomic E-state index is 0.0688. The van der Waals surface area contributed by atoms with Crippen molar-refractivity contribution in [3.8, 4) is 0 Å². The maximum Gasteiger partial charge on any atom is 0.225 e. The van der Waals surface area contributed by atoms with Crippen molar-refractivity contribution < 1.29 is 13.2 Å². The number of nitrogens with one attached hydrogen (secondary N) is 1. The molecule has 0 bridgehead atoms. The van der Waals surface area contributed by atoms with Gasteiger partial charge in [0.15, 0.2) is 0 Å². The van der Waals surface area contributed by atoms with Crippen molar-refractivity contribution in [3.63, 3.8) is 0 Å². The number of likely N-dealkylation sites (N-methyl/N-ethyl adjacent to an activating group) is 1. The molecule has 1 heterocycles. The molecule has 1 saturated heterocycles. The summed E-state index contributed by atoms with van der Waals surface area (Å²) in [6.07, 6.45) is -0.0688. The fourth-order valence-corrected chi connectivity index (χ4v) is 3.97. The van der Waals surface area contributed by atoms with Gasteiger partial charge in [-0.25, -0.2) is 8.42 Å². The monoisotopic (exact) mass is 359 g/mol. The molecular formula is C15H22ClN3O3S. The fraction of sp³-hybridized carbons (Fsp3) is 0.533. The average molecular weight is 360 g/mol. The first-order valence-electron chi connectivity index (χ1n) is 7.51. The molecule has 1 aliphatic heterocycles. The number of hydrogen-bond acceptors (Lipinski definition) is 4. The molecule has 0 unspecified atom stereocenters. The van der Waals surface area contributed by atoms with E-state index in [0.29, 0.717) is 36.9 Å². The predicted octanol–water partition coefficient (Wildman–Crippen LogP) is 1.55. The van der Waals surface area contributed by atoms with Gasteiger partial charge in [0.25, 0.3) is 0 Å². The van der Waals surface area contributed by atoms with Crippen LogP contribution in [0, 0.1) is 6.92 Å². The Morgan fingerprint density at radius 2 is 1.91 bits per heavy atom. The van der Waals surface area contributed by atoms with Crippen molar-refractivity contribution in [2.45, 2.75) is 13.3 Å². The molecule has 2 rings (SSSR count). The van der Waals surface area contributed by atoms with Gasteiger partial charge in [-0.1, -0.05) is 17.7 Å². The Morgan fingerprint density at radius 1 is 1.26 bits per heavy atom. The number of benzene rings is 1. The standard InChI is InChI=1S/C15H22ClN3O3S/c1-12-13(16)4-3-5-14(12)17-15(20)6-11-23(21,22)19-9-7-18(2)8-10-19/h3-5H,6-11H2,1-2H3,(H,17,20). The van der Waals surface area contributed by atoms with Gasteiger partial charge in [0.1, 0.15) is 0 Å². The first-order chi connectivity index (χ1) is 10.8. The SMILES string of the molecule is Cc1c(Cl)cccc1NC(=O)CCS(=O)(=O)N1CCN(C)CC1. The van der Waals surface area contributed by atoms with Gasteiger partial charge in [-0.3, -0.25) is 4.79 Å². The van der Waals surface area contributed by atoms with Crippen LogP contribution in [0.4, 0.5) is 5.69 Å². The molecule has 1 aromatic carbocycles. The predicted molar refractivity (Wildman–Crippen MR) is 92.3 cm³/mol. The number of nitrogens with zero attached hydrogens (tertiary/aromatic N) is 2. The zero-order valence-corrected chi connectivity index (χ0v) is 15.0. The van der Waals surface area contributed by atoms with Crippen LogP contribution in [0.2, 0.25) is 5.02 Å². The Labute approximate surface area is 142 Å². The van der Waals surface area contributed by atoms with Gasteiger partial charge in [0, 0.05) is 43.3 Å². The van der Waals surface area contributed by atoms with Crippen molar-refractivity contribution in [3.05, 3.63) is 28.8 Å². The molecule has 6 nitrogen and oxygen atoms in total. The summed E-state index contributed by atoms with van der Waals surface area (Å²) in [6.45, 7) is 4.20. The minimum Gasteiger partial charge on any atom is -0.326 e. The second-order valence-electron chi connectivity index (χ2n) is 5.73. The zero-order chi connectivity index (χ0) is 17.0. The van der Waals surface area contributed by atoms with E-state index in [2.05, 4.69) is 10.2 Å². The molecule has 128 valence electrons. The summed E-state index contributed by atoms with van der Waals surface area (Å²) >= 11 is 6.00. The molecule has 8 heteroatoms. The Morgan fingerprint density at radius 3 is 2.57 bits per heavy atom. The van der Waals surface area contributed by atoms with E-state index < -0.39 is 10.0 Å². The molecule has 0 saturated carbocycles. The van der Waals surface area contributed by atoms with Gasteiger partial charge in [0.05, 0.1) is 5.75 Å². The Kier molecular flexibility index (Phi) is 6.02. The number of carbonyl (C=O) groups is 1. The average Bonchev–Trinajstić information content (AvgIpc) is 2.50. The number of amides is 1. The van der Waals surface area contributed by atoms with Crippen molar-refractivity contribution in [2.75, 3.05) is 44.3 Å². The molecule has 0 aromatic heterocycles. The maximum absolute atomic E-state index is 12.3. The van der Waals surface area contributed by atoms with Crippen LogP contribution in [0.25, 0.3) is 0 Å². The Hall–Kier alpha value is -1.15.